The molecule has 0 aliphatic heterocycles. The Kier molecular flexibility index (Phi) is 9.05. The minimum absolute atomic E-state index is 0.126. The quantitative estimate of drug-likeness (QED) is 0.179. The van der Waals surface area contributed by atoms with E-state index in [0.29, 0.717) is 35.2 Å². The number of imidazole rings is 1. The zero-order chi connectivity index (χ0) is 26.9. The molecule has 0 fully saturated rings. The first-order valence-corrected chi connectivity index (χ1v) is 13.1. The van der Waals surface area contributed by atoms with Crippen molar-refractivity contribution in [2.75, 3.05) is 31.9 Å². The number of carbonyl (C=O) groups excluding carboxylic acids is 2. The highest BCUT2D eigenvalue weighted by Gasteiger charge is 2.16. The lowest BCUT2D eigenvalue weighted by atomic mass is 10.0. The van der Waals surface area contributed by atoms with Crippen LogP contribution in [0.5, 0.6) is 11.5 Å². The van der Waals surface area contributed by atoms with Crippen molar-refractivity contribution in [3.63, 3.8) is 0 Å². The monoisotopic (exact) mass is 531 g/mol. The maximum absolute atomic E-state index is 12.5. The van der Waals surface area contributed by atoms with Crippen LogP contribution >= 0.6 is 11.8 Å². The first-order valence-electron chi connectivity index (χ1n) is 12.1. The van der Waals surface area contributed by atoms with Crippen LogP contribution in [0.25, 0.3) is 22.5 Å². The molecule has 4 rings (SSSR count). The van der Waals surface area contributed by atoms with E-state index in [4.69, 9.17) is 19.2 Å². The van der Waals surface area contributed by atoms with Crippen LogP contribution in [0.1, 0.15) is 23.7 Å². The van der Waals surface area contributed by atoms with Crippen molar-refractivity contribution in [2.24, 2.45) is 0 Å². The van der Waals surface area contributed by atoms with E-state index in [1.165, 1.54) is 11.8 Å². The molecular formula is C29H29N3O5S. The Bertz CT molecular complexity index is 1300. The summed E-state index contributed by atoms with van der Waals surface area (Å²) < 4.78 is 15.6. The van der Waals surface area contributed by atoms with E-state index >= 15 is 0 Å². The molecule has 1 amide bonds. The van der Waals surface area contributed by atoms with Gasteiger partial charge in [0.05, 0.1) is 37.8 Å². The largest absolute Gasteiger partial charge is 0.497 e. The van der Waals surface area contributed by atoms with Crippen LogP contribution in [0.4, 0.5) is 5.69 Å². The Morgan fingerprint density at radius 3 is 2.05 bits per heavy atom. The number of aromatic amines is 1. The van der Waals surface area contributed by atoms with E-state index in [-0.39, 0.29) is 11.9 Å². The number of H-pyrrole nitrogens is 1. The van der Waals surface area contributed by atoms with E-state index in [1.54, 1.807) is 45.4 Å². The second-order valence-electron chi connectivity index (χ2n) is 8.17. The Labute approximate surface area is 225 Å². The average molecular weight is 532 g/mol. The summed E-state index contributed by atoms with van der Waals surface area (Å²) in [7, 11) is 3.27. The number of benzene rings is 3. The molecule has 4 aromatic rings. The number of thioether (sulfide) groups is 1. The minimum Gasteiger partial charge on any atom is -0.497 e. The number of rotatable bonds is 11. The third-order valence-corrected chi connectivity index (χ3v) is 6.55. The number of amides is 1. The summed E-state index contributed by atoms with van der Waals surface area (Å²) in [4.78, 5) is 32.5. The van der Waals surface area contributed by atoms with Gasteiger partial charge in [0.25, 0.3) is 0 Å². The number of methoxy groups -OCH3 is 2. The lowest BCUT2D eigenvalue weighted by molar-refractivity contribution is -0.115. The molecular weight excluding hydrogens is 502 g/mol. The normalized spacial score (nSPS) is 10.6. The Balaban J connectivity index is 1.43. The first kappa shape index (κ1) is 26.8. The Morgan fingerprint density at radius 1 is 0.868 bits per heavy atom. The molecule has 0 bridgehead atoms. The van der Waals surface area contributed by atoms with Crippen molar-refractivity contribution in [3.05, 3.63) is 78.4 Å². The number of anilines is 1. The lowest BCUT2D eigenvalue weighted by Crippen LogP contribution is -2.12. The van der Waals surface area contributed by atoms with E-state index in [2.05, 4.69) is 10.3 Å². The maximum atomic E-state index is 12.5. The van der Waals surface area contributed by atoms with Gasteiger partial charge in [-0.1, -0.05) is 11.8 Å². The predicted molar refractivity (Wildman–Crippen MR) is 149 cm³/mol. The average Bonchev–Trinajstić information content (AvgIpc) is 3.37. The van der Waals surface area contributed by atoms with Crippen LogP contribution in [-0.4, -0.2) is 48.4 Å². The maximum Gasteiger partial charge on any atom is 0.338 e. The summed E-state index contributed by atoms with van der Waals surface area (Å²) >= 11 is 1.47. The molecule has 2 N–H and O–H groups in total. The molecule has 8 nitrogen and oxygen atoms in total. The Hall–Kier alpha value is -4.24. The number of esters is 1. The van der Waals surface area contributed by atoms with Gasteiger partial charge >= 0.3 is 5.97 Å². The first-order chi connectivity index (χ1) is 18.5. The summed E-state index contributed by atoms with van der Waals surface area (Å²) in [6, 6.07) is 22.2. The zero-order valence-corrected chi connectivity index (χ0v) is 22.3. The van der Waals surface area contributed by atoms with E-state index in [9.17, 15) is 9.59 Å². The Morgan fingerprint density at radius 2 is 1.47 bits per heavy atom. The van der Waals surface area contributed by atoms with Crippen molar-refractivity contribution in [1.82, 2.24) is 9.97 Å². The van der Waals surface area contributed by atoms with Gasteiger partial charge < -0.3 is 24.5 Å². The van der Waals surface area contributed by atoms with Gasteiger partial charge in [-0.15, -0.1) is 0 Å². The van der Waals surface area contributed by atoms with Crippen LogP contribution < -0.4 is 14.8 Å². The summed E-state index contributed by atoms with van der Waals surface area (Å²) in [5, 5.41) is 3.57. The summed E-state index contributed by atoms with van der Waals surface area (Å²) in [5.74, 6) is 1.56. The van der Waals surface area contributed by atoms with E-state index < -0.39 is 0 Å². The number of hydrogen-bond acceptors (Lipinski definition) is 7. The molecule has 0 atom stereocenters. The molecule has 0 saturated heterocycles. The number of ether oxygens (including phenoxy) is 3. The molecule has 0 aliphatic carbocycles. The molecule has 0 saturated carbocycles. The molecule has 3 aromatic carbocycles. The van der Waals surface area contributed by atoms with Crippen LogP contribution in [-0.2, 0) is 9.53 Å². The summed E-state index contributed by atoms with van der Waals surface area (Å²) in [6.45, 7) is 2.07. The number of aromatic nitrogens is 2. The molecule has 196 valence electrons. The molecule has 38 heavy (non-hydrogen) atoms. The van der Waals surface area contributed by atoms with Crippen LogP contribution in [0.15, 0.2) is 78.0 Å². The lowest BCUT2D eigenvalue weighted by Gasteiger charge is -2.06. The van der Waals surface area contributed by atoms with Gasteiger partial charge in [0.1, 0.15) is 11.5 Å². The standard InChI is InChI=1S/C29H29N3O5S/c1-4-37-28(34)21-5-11-22(12-6-21)30-25(33)17-18-38-29-31-26(19-7-13-23(35-2)14-8-19)27(32-29)20-9-15-24(36-3)16-10-20/h5-16H,4,17-18H2,1-3H3,(H,30,33)(H,31,32). The van der Waals surface area contributed by atoms with Gasteiger partial charge in [-0.05, 0) is 79.7 Å². The SMILES string of the molecule is CCOC(=O)c1ccc(NC(=O)CCSc2nc(-c3ccc(OC)cc3)c(-c3ccc(OC)cc3)[nH]2)cc1. The fourth-order valence-electron chi connectivity index (χ4n) is 3.71. The second kappa shape index (κ2) is 12.8. The molecule has 0 spiro atoms. The van der Waals surface area contributed by atoms with Crippen molar-refractivity contribution in [3.8, 4) is 34.0 Å². The molecule has 0 aliphatic rings. The van der Waals surface area contributed by atoms with Gasteiger partial charge in [0.15, 0.2) is 5.16 Å². The molecule has 9 heteroatoms. The third kappa shape index (κ3) is 6.74. The topological polar surface area (TPSA) is 103 Å². The molecule has 0 radical (unpaired) electrons. The fourth-order valence-corrected chi connectivity index (χ4v) is 4.52. The number of carbonyl (C=O) groups is 2. The van der Waals surface area contributed by atoms with Gasteiger partial charge in [0, 0.05) is 29.0 Å². The van der Waals surface area contributed by atoms with Crippen LogP contribution in [0.2, 0.25) is 0 Å². The van der Waals surface area contributed by atoms with E-state index in [0.717, 1.165) is 34.0 Å². The third-order valence-electron chi connectivity index (χ3n) is 5.67. The smallest absolute Gasteiger partial charge is 0.338 e. The number of nitrogens with one attached hydrogen (secondary N) is 2. The predicted octanol–water partition coefficient (Wildman–Crippen LogP) is 6.06. The zero-order valence-electron chi connectivity index (χ0n) is 21.4. The van der Waals surface area contributed by atoms with Crippen molar-refractivity contribution in [1.29, 1.82) is 0 Å². The summed E-state index contributed by atoms with van der Waals surface area (Å²) in [5.41, 5.74) is 4.68. The highest BCUT2D eigenvalue weighted by molar-refractivity contribution is 7.99. The minimum atomic E-state index is -0.386. The van der Waals surface area contributed by atoms with Gasteiger partial charge in [-0.25, -0.2) is 9.78 Å². The van der Waals surface area contributed by atoms with E-state index in [1.807, 2.05) is 48.5 Å². The highest BCUT2D eigenvalue weighted by Crippen LogP contribution is 2.34. The van der Waals surface area contributed by atoms with Crippen molar-refractivity contribution < 1.29 is 23.8 Å². The fraction of sp³-hybridized carbons (Fsp3) is 0.207. The molecule has 0 unspecified atom stereocenters. The van der Waals surface area contributed by atoms with Gasteiger partial charge in [-0.2, -0.15) is 0 Å². The highest BCUT2D eigenvalue weighted by atomic mass is 32.2. The van der Waals surface area contributed by atoms with Crippen molar-refractivity contribution >= 4 is 29.3 Å². The molecule has 1 aromatic heterocycles. The van der Waals surface area contributed by atoms with Gasteiger partial charge in [0.2, 0.25) is 5.91 Å². The molecule has 1 heterocycles. The second-order valence-corrected chi connectivity index (χ2v) is 9.25. The van der Waals surface area contributed by atoms with Gasteiger partial charge in [-0.3, -0.25) is 4.79 Å². The number of hydrogen-bond donors (Lipinski definition) is 2. The van der Waals surface area contributed by atoms with Crippen LogP contribution in [0.3, 0.4) is 0 Å². The van der Waals surface area contributed by atoms with Crippen molar-refractivity contribution in [2.45, 2.75) is 18.5 Å². The van der Waals surface area contributed by atoms with Crippen LogP contribution in [0, 0.1) is 0 Å². The summed E-state index contributed by atoms with van der Waals surface area (Å²) in [6.07, 6.45) is 0.292. The number of nitrogens with zero attached hydrogens (tertiary/aromatic N) is 1.